The van der Waals surface area contributed by atoms with E-state index in [1.165, 1.54) is 11.2 Å². The smallest absolute Gasteiger partial charge is 0.219 e. The van der Waals surface area contributed by atoms with Gasteiger partial charge in [0.1, 0.15) is 0 Å². The van der Waals surface area contributed by atoms with Crippen LogP contribution >= 0.6 is 0 Å². The largest absolute Gasteiger partial charge is 0.395 e. The lowest BCUT2D eigenvalue weighted by Gasteiger charge is -2.29. The van der Waals surface area contributed by atoms with Gasteiger partial charge < -0.3 is 5.11 Å². The summed E-state index contributed by atoms with van der Waals surface area (Å²) in [5, 5.41) is 8.21. The highest BCUT2D eigenvalue weighted by Gasteiger charge is 2.30. The van der Waals surface area contributed by atoms with Crippen LogP contribution in [0.2, 0.25) is 0 Å². The second-order valence-electron chi connectivity index (χ2n) is 4.60. The minimum Gasteiger partial charge on any atom is -0.395 e. The predicted molar refractivity (Wildman–Crippen MR) is 62.1 cm³/mol. The molecule has 92 valence electrons. The van der Waals surface area contributed by atoms with E-state index in [0.717, 1.165) is 0 Å². The highest BCUT2D eigenvalue weighted by atomic mass is 32.2. The first kappa shape index (κ1) is 14.9. The van der Waals surface area contributed by atoms with Crippen LogP contribution in [0.15, 0.2) is 0 Å². The maximum Gasteiger partial charge on any atom is 0.219 e. The molecule has 0 heterocycles. The fourth-order valence-corrected chi connectivity index (χ4v) is 3.04. The lowest BCUT2D eigenvalue weighted by Crippen LogP contribution is -2.44. The lowest BCUT2D eigenvalue weighted by molar-refractivity contribution is 0.276. The lowest BCUT2D eigenvalue weighted by atomic mass is 10.2. The van der Waals surface area contributed by atoms with E-state index in [4.69, 9.17) is 5.11 Å². The Balaban J connectivity index is 4.91. The van der Waals surface area contributed by atoms with Gasteiger partial charge in [-0.15, -0.1) is 0 Å². The Morgan fingerprint density at radius 2 is 1.60 bits per heavy atom. The predicted octanol–water partition coefficient (Wildman–Crippen LogP) is 1.06. The van der Waals surface area contributed by atoms with E-state index in [1.54, 1.807) is 0 Å². The van der Waals surface area contributed by atoms with Crippen LogP contribution in [0.5, 0.6) is 0 Å². The molecule has 0 aromatic carbocycles. The minimum atomic E-state index is -3.36. The van der Waals surface area contributed by atoms with Crippen molar-refractivity contribution in [2.75, 3.05) is 13.2 Å². The van der Waals surface area contributed by atoms with Gasteiger partial charge in [0.25, 0.3) is 0 Å². The van der Waals surface area contributed by atoms with Crippen LogP contribution in [0.4, 0.5) is 0 Å². The van der Waals surface area contributed by atoms with Gasteiger partial charge in [0.05, 0.1) is 11.9 Å². The molecule has 1 unspecified atom stereocenters. The standard InChI is InChI=1S/C10H23NO3S/c1-8(2)6-11(9(3)4)15(13,14)10(5)7-12/h8-10,12H,6-7H2,1-5H3. The van der Waals surface area contributed by atoms with Gasteiger partial charge >= 0.3 is 0 Å². The quantitative estimate of drug-likeness (QED) is 0.751. The van der Waals surface area contributed by atoms with E-state index in [-0.39, 0.29) is 18.6 Å². The Morgan fingerprint density at radius 1 is 1.13 bits per heavy atom. The van der Waals surface area contributed by atoms with Crippen molar-refractivity contribution < 1.29 is 13.5 Å². The zero-order valence-electron chi connectivity index (χ0n) is 10.3. The molecular formula is C10H23NO3S. The van der Waals surface area contributed by atoms with Crippen LogP contribution < -0.4 is 0 Å². The van der Waals surface area contributed by atoms with Gasteiger partial charge in [-0.2, -0.15) is 4.31 Å². The summed E-state index contributed by atoms with van der Waals surface area (Å²) < 4.78 is 25.5. The number of sulfonamides is 1. The molecule has 4 nitrogen and oxygen atoms in total. The molecule has 0 bridgehead atoms. The zero-order valence-corrected chi connectivity index (χ0v) is 11.1. The molecule has 0 saturated heterocycles. The summed E-state index contributed by atoms with van der Waals surface area (Å²) in [5.41, 5.74) is 0. The van der Waals surface area contributed by atoms with Crippen LogP contribution in [0.1, 0.15) is 34.6 Å². The first-order valence-corrected chi connectivity index (χ1v) is 6.85. The molecule has 5 heteroatoms. The SMILES string of the molecule is CC(C)CN(C(C)C)S(=O)(=O)C(C)CO. The molecule has 0 aliphatic carbocycles. The summed E-state index contributed by atoms with van der Waals surface area (Å²) >= 11 is 0. The third-order valence-electron chi connectivity index (χ3n) is 2.21. The molecule has 15 heavy (non-hydrogen) atoms. The summed E-state index contributed by atoms with van der Waals surface area (Å²) in [7, 11) is -3.36. The molecule has 0 amide bonds. The van der Waals surface area contributed by atoms with Gasteiger partial charge in [0, 0.05) is 12.6 Å². The van der Waals surface area contributed by atoms with Crippen molar-refractivity contribution in [2.24, 2.45) is 5.92 Å². The molecule has 0 saturated carbocycles. The number of hydrogen-bond acceptors (Lipinski definition) is 3. The molecule has 0 aromatic rings. The molecule has 0 radical (unpaired) electrons. The van der Waals surface area contributed by atoms with Gasteiger partial charge in [0.2, 0.25) is 10.0 Å². The highest BCUT2D eigenvalue weighted by molar-refractivity contribution is 7.89. The van der Waals surface area contributed by atoms with E-state index >= 15 is 0 Å². The average molecular weight is 237 g/mol. The van der Waals surface area contributed by atoms with E-state index in [1.807, 2.05) is 27.7 Å². The number of hydrogen-bond donors (Lipinski definition) is 1. The molecule has 0 aliphatic heterocycles. The first-order chi connectivity index (χ1) is 6.73. The summed E-state index contributed by atoms with van der Waals surface area (Å²) in [6.07, 6.45) is 0. The summed E-state index contributed by atoms with van der Waals surface area (Å²) in [6, 6.07) is -0.0635. The van der Waals surface area contributed by atoms with Crippen molar-refractivity contribution in [1.82, 2.24) is 4.31 Å². The Labute approximate surface area is 93.3 Å². The van der Waals surface area contributed by atoms with Gasteiger partial charge in [-0.25, -0.2) is 8.42 Å². The number of nitrogens with zero attached hydrogens (tertiary/aromatic N) is 1. The van der Waals surface area contributed by atoms with Crippen molar-refractivity contribution >= 4 is 10.0 Å². The molecule has 1 atom stereocenters. The minimum absolute atomic E-state index is 0.0635. The summed E-state index contributed by atoms with van der Waals surface area (Å²) in [6.45, 7) is 9.37. The van der Waals surface area contributed by atoms with E-state index in [0.29, 0.717) is 6.54 Å². The van der Waals surface area contributed by atoms with Crippen molar-refractivity contribution in [3.8, 4) is 0 Å². The van der Waals surface area contributed by atoms with E-state index in [9.17, 15) is 8.42 Å². The molecule has 0 rings (SSSR count). The number of rotatable bonds is 6. The van der Waals surface area contributed by atoms with Crippen LogP contribution in [-0.4, -0.2) is 42.3 Å². The highest BCUT2D eigenvalue weighted by Crippen LogP contribution is 2.15. The third kappa shape index (κ3) is 4.09. The second kappa shape index (κ2) is 5.82. The molecular weight excluding hydrogens is 214 g/mol. The normalized spacial score (nSPS) is 15.3. The fourth-order valence-electron chi connectivity index (χ4n) is 1.29. The van der Waals surface area contributed by atoms with Crippen LogP contribution in [-0.2, 0) is 10.0 Å². The Kier molecular flexibility index (Phi) is 5.77. The topological polar surface area (TPSA) is 57.6 Å². The number of aliphatic hydroxyl groups excluding tert-OH is 1. The maximum atomic E-state index is 12.0. The van der Waals surface area contributed by atoms with Crippen LogP contribution in [0, 0.1) is 5.92 Å². The van der Waals surface area contributed by atoms with Crippen molar-refractivity contribution in [3.63, 3.8) is 0 Å². The number of aliphatic hydroxyl groups is 1. The fraction of sp³-hybridized carbons (Fsp3) is 1.00. The van der Waals surface area contributed by atoms with Gasteiger partial charge in [0.15, 0.2) is 0 Å². The molecule has 0 aromatic heterocycles. The molecule has 0 spiro atoms. The molecule has 1 N–H and O–H groups in total. The summed E-state index contributed by atoms with van der Waals surface area (Å²) in [4.78, 5) is 0. The zero-order chi connectivity index (χ0) is 12.2. The van der Waals surface area contributed by atoms with Crippen molar-refractivity contribution in [1.29, 1.82) is 0 Å². The van der Waals surface area contributed by atoms with Gasteiger partial charge in [-0.3, -0.25) is 0 Å². The monoisotopic (exact) mass is 237 g/mol. The van der Waals surface area contributed by atoms with Crippen molar-refractivity contribution in [3.05, 3.63) is 0 Å². The third-order valence-corrected chi connectivity index (χ3v) is 4.60. The van der Waals surface area contributed by atoms with Gasteiger partial charge in [-0.1, -0.05) is 13.8 Å². The van der Waals surface area contributed by atoms with Crippen molar-refractivity contribution in [2.45, 2.75) is 45.9 Å². The molecule has 0 aliphatic rings. The van der Waals surface area contributed by atoms with E-state index < -0.39 is 15.3 Å². The Bertz CT molecular complexity index is 272. The Hall–Kier alpha value is -0.130. The Morgan fingerprint density at radius 3 is 1.87 bits per heavy atom. The second-order valence-corrected chi connectivity index (χ2v) is 6.90. The maximum absolute atomic E-state index is 12.0. The van der Waals surface area contributed by atoms with Gasteiger partial charge in [-0.05, 0) is 26.7 Å². The van der Waals surface area contributed by atoms with Crippen LogP contribution in [0.25, 0.3) is 0 Å². The van der Waals surface area contributed by atoms with E-state index in [2.05, 4.69) is 0 Å². The molecule has 0 fully saturated rings. The summed E-state index contributed by atoms with van der Waals surface area (Å²) in [5.74, 6) is 0.285. The first-order valence-electron chi connectivity index (χ1n) is 5.35. The average Bonchev–Trinajstić information content (AvgIpc) is 2.11. The van der Waals surface area contributed by atoms with Crippen LogP contribution in [0.3, 0.4) is 0 Å².